The number of hydrogen-bond donors (Lipinski definition) is 1. The molecule has 0 bridgehead atoms. The van der Waals surface area contributed by atoms with Crippen molar-refractivity contribution in [3.05, 3.63) is 117 Å². The van der Waals surface area contributed by atoms with E-state index >= 15 is 0 Å². The highest BCUT2D eigenvalue weighted by Gasteiger charge is 2.36. The molecule has 0 amide bonds. The SMILES string of the molecule is Cc1nn(-c2ccc(Br)cc2)c2c1C(c1ccc(OCc3ccccc3)cc1)C(C#N)=C(N)O2. The van der Waals surface area contributed by atoms with Crippen LogP contribution in [0.3, 0.4) is 0 Å². The van der Waals surface area contributed by atoms with Gasteiger partial charge in [-0.2, -0.15) is 10.4 Å². The average molecular weight is 513 g/mol. The van der Waals surface area contributed by atoms with Gasteiger partial charge >= 0.3 is 0 Å². The Bertz CT molecular complexity index is 1400. The van der Waals surface area contributed by atoms with Gasteiger partial charge in [0.25, 0.3) is 0 Å². The number of nitrogens with two attached hydrogens (primary N) is 1. The van der Waals surface area contributed by atoms with E-state index in [4.69, 9.17) is 20.3 Å². The van der Waals surface area contributed by atoms with Gasteiger partial charge in [-0.05, 0) is 54.4 Å². The number of fused-ring (bicyclic) bond motifs is 1. The van der Waals surface area contributed by atoms with Crippen LogP contribution in [0.4, 0.5) is 0 Å². The van der Waals surface area contributed by atoms with E-state index in [1.54, 1.807) is 4.68 Å². The second kappa shape index (κ2) is 9.08. The predicted octanol–water partition coefficient (Wildman–Crippen LogP) is 5.74. The molecule has 3 aromatic carbocycles. The summed E-state index contributed by atoms with van der Waals surface area (Å²) in [5.41, 5.74) is 11.0. The first-order chi connectivity index (χ1) is 16.5. The summed E-state index contributed by atoms with van der Waals surface area (Å²) in [7, 11) is 0. The maximum atomic E-state index is 9.90. The third kappa shape index (κ3) is 4.04. The highest BCUT2D eigenvalue weighted by atomic mass is 79.9. The standard InChI is InChI=1S/C27H21BrN4O2/c1-17-24-25(19-7-13-22(14-8-19)33-16-18-5-3-2-4-6-18)23(15-29)26(30)34-27(24)32(31-17)21-11-9-20(28)10-12-21/h2-14,25H,16,30H2,1H3. The zero-order chi connectivity index (χ0) is 23.7. The van der Waals surface area contributed by atoms with Crippen LogP contribution in [0.2, 0.25) is 0 Å². The Kier molecular flexibility index (Phi) is 5.83. The van der Waals surface area contributed by atoms with Gasteiger partial charge in [-0.3, -0.25) is 0 Å². The first-order valence-electron chi connectivity index (χ1n) is 10.7. The summed E-state index contributed by atoms with van der Waals surface area (Å²) in [5, 5.41) is 14.6. The molecular weight excluding hydrogens is 492 g/mol. The predicted molar refractivity (Wildman–Crippen MR) is 133 cm³/mol. The molecule has 1 aliphatic heterocycles. The van der Waals surface area contributed by atoms with Crippen molar-refractivity contribution >= 4 is 15.9 Å². The Morgan fingerprint density at radius 3 is 2.44 bits per heavy atom. The summed E-state index contributed by atoms with van der Waals surface area (Å²) in [4.78, 5) is 0. The second-order valence-corrected chi connectivity index (χ2v) is 8.88. The molecule has 0 fully saturated rings. The van der Waals surface area contributed by atoms with E-state index < -0.39 is 0 Å². The molecule has 0 spiro atoms. The molecule has 0 aliphatic carbocycles. The van der Waals surface area contributed by atoms with Crippen molar-refractivity contribution in [3.63, 3.8) is 0 Å². The first kappa shape index (κ1) is 21.8. The number of ether oxygens (including phenoxy) is 2. The number of hydrogen-bond acceptors (Lipinski definition) is 5. The Labute approximate surface area is 206 Å². The number of allylic oxidation sites excluding steroid dienone is 1. The van der Waals surface area contributed by atoms with Crippen molar-refractivity contribution in [1.29, 1.82) is 5.26 Å². The summed E-state index contributed by atoms with van der Waals surface area (Å²) in [6.07, 6.45) is 0. The third-order valence-electron chi connectivity index (χ3n) is 5.77. The Morgan fingerprint density at radius 2 is 1.76 bits per heavy atom. The van der Waals surface area contributed by atoms with E-state index in [2.05, 4.69) is 22.0 Å². The van der Waals surface area contributed by atoms with Crippen molar-refractivity contribution in [2.24, 2.45) is 5.73 Å². The summed E-state index contributed by atoms with van der Waals surface area (Å²) in [5.74, 6) is 0.965. The zero-order valence-electron chi connectivity index (χ0n) is 18.4. The summed E-state index contributed by atoms with van der Waals surface area (Å²) < 4.78 is 14.6. The van der Waals surface area contributed by atoms with Gasteiger partial charge in [0.1, 0.15) is 24.0 Å². The maximum Gasteiger partial charge on any atom is 0.229 e. The van der Waals surface area contributed by atoms with E-state index in [0.717, 1.165) is 38.3 Å². The topological polar surface area (TPSA) is 86.1 Å². The molecule has 168 valence electrons. The molecule has 34 heavy (non-hydrogen) atoms. The molecule has 6 nitrogen and oxygen atoms in total. The molecule has 7 heteroatoms. The first-order valence-corrected chi connectivity index (χ1v) is 11.5. The summed E-state index contributed by atoms with van der Waals surface area (Å²) in [6.45, 7) is 2.40. The van der Waals surface area contributed by atoms with Gasteiger partial charge in [0.15, 0.2) is 0 Å². The minimum atomic E-state index is -0.388. The molecule has 2 N–H and O–H groups in total. The van der Waals surface area contributed by atoms with Crippen LogP contribution >= 0.6 is 15.9 Å². The molecule has 4 aromatic rings. The third-order valence-corrected chi connectivity index (χ3v) is 6.29. The van der Waals surface area contributed by atoms with Gasteiger partial charge in [0, 0.05) is 4.47 Å². The fourth-order valence-corrected chi connectivity index (χ4v) is 4.37. The van der Waals surface area contributed by atoms with E-state index in [0.29, 0.717) is 18.1 Å². The van der Waals surface area contributed by atoms with Crippen molar-refractivity contribution in [1.82, 2.24) is 9.78 Å². The van der Waals surface area contributed by atoms with Crippen LogP contribution < -0.4 is 15.2 Å². The van der Waals surface area contributed by atoms with Gasteiger partial charge in [0.2, 0.25) is 11.8 Å². The fourth-order valence-electron chi connectivity index (χ4n) is 4.10. The second-order valence-electron chi connectivity index (χ2n) is 7.96. The van der Waals surface area contributed by atoms with Crippen LogP contribution in [0.5, 0.6) is 11.6 Å². The van der Waals surface area contributed by atoms with Gasteiger partial charge < -0.3 is 15.2 Å². The van der Waals surface area contributed by atoms with Crippen molar-refractivity contribution in [2.75, 3.05) is 0 Å². The molecule has 0 radical (unpaired) electrons. The minimum absolute atomic E-state index is 0.0858. The average Bonchev–Trinajstić information content (AvgIpc) is 3.19. The Balaban J connectivity index is 1.50. The Morgan fingerprint density at radius 1 is 1.06 bits per heavy atom. The Hall–Kier alpha value is -4.02. The van der Waals surface area contributed by atoms with Crippen LogP contribution in [0.25, 0.3) is 5.69 Å². The maximum absolute atomic E-state index is 9.90. The number of rotatable bonds is 5. The highest BCUT2D eigenvalue weighted by molar-refractivity contribution is 9.10. The number of benzene rings is 3. The monoisotopic (exact) mass is 512 g/mol. The normalized spacial score (nSPS) is 14.8. The summed E-state index contributed by atoms with van der Waals surface area (Å²) in [6, 6.07) is 27.7. The lowest BCUT2D eigenvalue weighted by molar-refractivity contribution is 0.306. The number of nitrogens with zero attached hydrogens (tertiary/aromatic N) is 3. The van der Waals surface area contributed by atoms with Crippen LogP contribution in [0.15, 0.2) is 94.8 Å². The smallest absolute Gasteiger partial charge is 0.229 e. The van der Waals surface area contributed by atoms with E-state index in [1.807, 2.05) is 85.8 Å². The lowest BCUT2D eigenvalue weighted by atomic mass is 9.84. The molecule has 0 saturated carbocycles. The van der Waals surface area contributed by atoms with Crippen molar-refractivity contribution in [2.45, 2.75) is 19.4 Å². The van der Waals surface area contributed by atoms with Gasteiger partial charge in [-0.1, -0.05) is 58.4 Å². The number of aromatic nitrogens is 2. The number of halogens is 1. The van der Waals surface area contributed by atoms with Crippen molar-refractivity contribution in [3.8, 4) is 23.4 Å². The van der Waals surface area contributed by atoms with Crippen LogP contribution in [0, 0.1) is 18.3 Å². The van der Waals surface area contributed by atoms with Crippen molar-refractivity contribution < 1.29 is 9.47 Å². The van der Waals surface area contributed by atoms with E-state index in [-0.39, 0.29) is 11.8 Å². The lowest BCUT2D eigenvalue weighted by Crippen LogP contribution is -2.22. The molecule has 5 rings (SSSR count). The molecule has 1 unspecified atom stereocenters. The largest absolute Gasteiger partial charge is 0.489 e. The fraction of sp³-hybridized carbons (Fsp3) is 0.111. The van der Waals surface area contributed by atoms with E-state index in [9.17, 15) is 5.26 Å². The number of nitriles is 1. The molecule has 2 heterocycles. The molecular formula is C27H21BrN4O2. The summed E-state index contributed by atoms with van der Waals surface area (Å²) >= 11 is 3.46. The number of aryl methyl sites for hydroxylation is 1. The molecule has 0 saturated heterocycles. The molecule has 1 aromatic heterocycles. The lowest BCUT2D eigenvalue weighted by Gasteiger charge is -2.25. The quantitative estimate of drug-likeness (QED) is 0.368. The molecule has 1 atom stereocenters. The van der Waals surface area contributed by atoms with E-state index in [1.165, 1.54) is 0 Å². The molecule has 1 aliphatic rings. The van der Waals surface area contributed by atoms with Crippen LogP contribution in [-0.4, -0.2) is 9.78 Å². The van der Waals surface area contributed by atoms with Crippen LogP contribution in [-0.2, 0) is 6.61 Å². The van der Waals surface area contributed by atoms with Gasteiger partial charge in [-0.25, -0.2) is 4.68 Å². The zero-order valence-corrected chi connectivity index (χ0v) is 20.0. The van der Waals surface area contributed by atoms with Gasteiger partial charge in [-0.15, -0.1) is 0 Å². The van der Waals surface area contributed by atoms with Gasteiger partial charge in [0.05, 0.1) is 22.9 Å². The highest BCUT2D eigenvalue weighted by Crippen LogP contribution is 2.44. The van der Waals surface area contributed by atoms with Crippen LogP contribution in [0.1, 0.15) is 28.3 Å². The minimum Gasteiger partial charge on any atom is -0.489 e.